The number of hydrogen-bond acceptors (Lipinski definition) is 3. The Morgan fingerprint density at radius 1 is 1.14 bits per heavy atom. The lowest BCUT2D eigenvalue weighted by atomic mass is 10.1. The molecule has 0 aliphatic rings. The molecule has 0 saturated heterocycles. The van der Waals surface area contributed by atoms with Crippen LogP contribution in [0.25, 0.3) is 0 Å². The Balaban J connectivity index is 2.33. The zero-order chi connectivity index (χ0) is 15.6. The van der Waals surface area contributed by atoms with Crippen LogP contribution in [0.1, 0.15) is 20.7 Å². The number of carboxylic acid groups (broad SMARTS) is 1. The van der Waals surface area contributed by atoms with Crippen molar-refractivity contribution in [1.29, 1.82) is 0 Å². The molecule has 5 nitrogen and oxygen atoms in total. The van der Waals surface area contributed by atoms with Gasteiger partial charge in [0.15, 0.2) is 0 Å². The Kier molecular flexibility index (Phi) is 4.50. The molecule has 21 heavy (non-hydrogen) atoms. The first-order valence-corrected chi connectivity index (χ1v) is 6.88. The molecule has 2 aromatic carbocycles. The van der Waals surface area contributed by atoms with Gasteiger partial charge in [-0.15, -0.1) is 0 Å². The van der Waals surface area contributed by atoms with Crippen molar-refractivity contribution in [2.45, 2.75) is 0 Å². The second kappa shape index (κ2) is 6.15. The second-order valence-corrected chi connectivity index (χ2v) is 5.41. The van der Waals surface area contributed by atoms with Crippen LogP contribution < -0.4 is 5.32 Å². The number of carboxylic acids is 1. The number of phenolic OH excluding ortho intramolecular Hbond substituents is 1. The molecule has 1 amide bonds. The quantitative estimate of drug-likeness (QED) is 0.768. The average molecular weight is 371 g/mol. The van der Waals surface area contributed by atoms with Gasteiger partial charge in [-0.05, 0) is 52.3 Å². The van der Waals surface area contributed by atoms with Gasteiger partial charge >= 0.3 is 5.97 Å². The molecule has 2 aromatic rings. The minimum Gasteiger partial charge on any atom is -0.507 e. The van der Waals surface area contributed by atoms with E-state index in [0.29, 0.717) is 9.50 Å². The fourth-order valence-electron chi connectivity index (χ4n) is 1.63. The van der Waals surface area contributed by atoms with E-state index < -0.39 is 11.9 Å². The van der Waals surface area contributed by atoms with Crippen LogP contribution in [0.3, 0.4) is 0 Å². The summed E-state index contributed by atoms with van der Waals surface area (Å²) in [6, 6.07) is 8.30. The Hall–Kier alpha value is -2.05. The molecule has 0 aromatic heterocycles. The van der Waals surface area contributed by atoms with E-state index in [0.717, 1.165) is 0 Å². The predicted molar refractivity (Wildman–Crippen MR) is 82.2 cm³/mol. The Morgan fingerprint density at radius 2 is 1.86 bits per heavy atom. The van der Waals surface area contributed by atoms with Crippen molar-refractivity contribution in [3.8, 4) is 5.75 Å². The number of aromatic carboxylic acids is 1. The van der Waals surface area contributed by atoms with Crippen molar-refractivity contribution in [2.75, 3.05) is 5.32 Å². The first-order valence-electron chi connectivity index (χ1n) is 5.71. The normalized spacial score (nSPS) is 10.2. The third-order valence-corrected chi connectivity index (χ3v) is 3.59. The second-order valence-electron chi connectivity index (χ2n) is 4.12. The largest absolute Gasteiger partial charge is 0.507 e. The summed E-state index contributed by atoms with van der Waals surface area (Å²) in [4.78, 5) is 23.1. The van der Waals surface area contributed by atoms with E-state index in [1.54, 1.807) is 0 Å². The lowest BCUT2D eigenvalue weighted by molar-refractivity contribution is 0.0696. The molecule has 0 saturated carbocycles. The van der Waals surface area contributed by atoms with Gasteiger partial charge in [0.1, 0.15) is 5.75 Å². The van der Waals surface area contributed by atoms with E-state index in [2.05, 4.69) is 21.2 Å². The number of rotatable bonds is 3. The summed E-state index contributed by atoms with van der Waals surface area (Å²) in [5.74, 6) is -1.93. The summed E-state index contributed by atoms with van der Waals surface area (Å²) in [5, 5.41) is 21.4. The third kappa shape index (κ3) is 3.53. The van der Waals surface area contributed by atoms with Gasteiger partial charge in [0.2, 0.25) is 0 Å². The summed E-state index contributed by atoms with van der Waals surface area (Å²) in [6.45, 7) is 0. The number of halogens is 2. The third-order valence-electron chi connectivity index (χ3n) is 2.66. The van der Waals surface area contributed by atoms with Gasteiger partial charge in [-0.1, -0.05) is 11.6 Å². The van der Waals surface area contributed by atoms with Crippen molar-refractivity contribution in [3.63, 3.8) is 0 Å². The van der Waals surface area contributed by atoms with Crippen molar-refractivity contribution in [1.82, 2.24) is 0 Å². The SMILES string of the molecule is O=C(O)c1ccc(Br)c(NC(=O)c2cc(Cl)ccc2O)c1. The van der Waals surface area contributed by atoms with Crippen molar-refractivity contribution in [2.24, 2.45) is 0 Å². The van der Waals surface area contributed by atoms with E-state index in [1.807, 2.05) is 0 Å². The van der Waals surface area contributed by atoms with Crippen LogP contribution in [0, 0.1) is 0 Å². The molecular formula is C14H9BrClNO4. The van der Waals surface area contributed by atoms with E-state index in [1.165, 1.54) is 36.4 Å². The van der Waals surface area contributed by atoms with Crippen molar-refractivity contribution >= 4 is 45.1 Å². The summed E-state index contributed by atoms with van der Waals surface area (Å²) >= 11 is 9.00. The average Bonchev–Trinajstić information content (AvgIpc) is 2.43. The smallest absolute Gasteiger partial charge is 0.335 e. The van der Waals surface area contributed by atoms with E-state index >= 15 is 0 Å². The summed E-state index contributed by atoms with van der Waals surface area (Å²) < 4.78 is 0.516. The maximum Gasteiger partial charge on any atom is 0.335 e. The van der Waals surface area contributed by atoms with Crippen molar-refractivity contribution < 1.29 is 19.8 Å². The van der Waals surface area contributed by atoms with Gasteiger partial charge in [0.05, 0.1) is 16.8 Å². The molecule has 0 spiro atoms. The van der Waals surface area contributed by atoms with Crippen LogP contribution in [-0.4, -0.2) is 22.1 Å². The number of nitrogens with one attached hydrogen (secondary N) is 1. The highest BCUT2D eigenvalue weighted by atomic mass is 79.9. The van der Waals surface area contributed by atoms with Crippen LogP contribution in [0.2, 0.25) is 5.02 Å². The van der Waals surface area contributed by atoms with Gasteiger partial charge in [-0.2, -0.15) is 0 Å². The molecule has 0 bridgehead atoms. The molecule has 0 radical (unpaired) electrons. The Morgan fingerprint density at radius 3 is 2.52 bits per heavy atom. The van der Waals surface area contributed by atoms with Crippen LogP contribution in [0.15, 0.2) is 40.9 Å². The molecule has 108 valence electrons. The van der Waals surface area contributed by atoms with Crippen LogP contribution in [0.5, 0.6) is 5.75 Å². The van der Waals surface area contributed by atoms with E-state index in [4.69, 9.17) is 16.7 Å². The minimum absolute atomic E-state index is 0.00451. The molecule has 0 unspecified atom stereocenters. The lowest BCUT2D eigenvalue weighted by Gasteiger charge is -2.09. The number of phenols is 1. The zero-order valence-electron chi connectivity index (χ0n) is 10.4. The van der Waals surface area contributed by atoms with Crippen molar-refractivity contribution in [3.05, 3.63) is 57.0 Å². The van der Waals surface area contributed by atoms with Crippen LogP contribution in [0.4, 0.5) is 5.69 Å². The standard InChI is InChI=1S/C14H9BrClNO4/c15-10-3-1-7(14(20)21)5-11(10)17-13(19)9-6-8(16)2-4-12(9)18/h1-6,18H,(H,17,19)(H,20,21). The molecular weight excluding hydrogens is 362 g/mol. The molecule has 0 atom stereocenters. The lowest BCUT2D eigenvalue weighted by Crippen LogP contribution is -2.13. The van der Waals surface area contributed by atoms with E-state index in [-0.39, 0.29) is 22.6 Å². The van der Waals surface area contributed by atoms with Crippen LogP contribution >= 0.6 is 27.5 Å². The topological polar surface area (TPSA) is 86.6 Å². The zero-order valence-corrected chi connectivity index (χ0v) is 12.8. The molecule has 0 aliphatic carbocycles. The summed E-state index contributed by atoms with van der Waals surface area (Å²) in [6.07, 6.45) is 0. The van der Waals surface area contributed by atoms with E-state index in [9.17, 15) is 14.7 Å². The summed E-state index contributed by atoms with van der Waals surface area (Å²) in [7, 11) is 0. The fraction of sp³-hybridized carbons (Fsp3) is 0. The molecule has 0 heterocycles. The first-order chi connectivity index (χ1) is 9.88. The number of carbonyl (C=O) groups excluding carboxylic acids is 1. The first kappa shape index (κ1) is 15.3. The molecule has 0 fully saturated rings. The fourth-order valence-corrected chi connectivity index (χ4v) is 2.15. The summed E-state index contributed by atoms with van der Waals surface area (Å²) in [5.41, 5.74) is 0.304. The maximum absolute atomic E-state index is 12.1. The number of anilines is 1. The number of aromatic hydroxyl groups is 1. The highest BCUT2D eigenvalue weighted by Gasteiger charge is 2.14. The van der Waals surface area contributed by atoms with Gasteiger partial charge in [0, 0.05) is 9.50 Å². The molecule has 2 rings (SSSR count). The molecule has 7 heteroatoms. The molecule has 3 N–H and O–H groups in total. The van der Waals surface area contributed by atoms with Gasteiger partial charge in [-0.25, -0.2) is 4.79 Å². The number of hydrogen-bond donors (Lipinski definition) is 3. The molecule has 0 aliphatic heterocycles. The predicted octanol–water partition coefficient (Wildman–Crippen LogP) is 3.76. The highest BCUT2D eigenvalue weighted by molar-refractivity contribution is 9.10. The Labute approximate surface area is 133 Å². The number of amides is 1. The minimum atomic E-state index is -1.11. The van der Waals surface area contributed by atoms with Gasteiger partial charge in [-0.3, -0.25) is 4.79 Å². The Bertz CT molecular complexity index is 733. The maximum atomic E-state index is 12.1. The highest BCUT2D eigenvalue weighted by Crippen LogP contribution is 2.27. The number of carbonyl (C=O) groups is 2. The number of benzene rings is 2. The van der Waals surface area contributed by atoms with Gasteiger partial charge < -0.3 is 15.5 Å². The monoisotopic (exact) mass is 369 g/mol. The van der Waals surface area contributed by atoms with Crippen LogP contribution in [-0.2, 0) is 0 Å². The van der Waals surface area contributed by atoms with Gasteiger partial charge in [0.25, 0.3) is 5.91 Å².